The summed E-state index contributed by atoms with van der Waals surface area (Å²) in [5, 5.41) is 4.10. The summed E-state index contributed by atoms with van der Waals surface area (Å²) in [5.41, 5.74) is 6.69. The highest BCUT2D eigenvalue weighted by molar-refractivity contribution is 5.42. The minimum Gasteiger partial charge on any atom is -0.396 e. The quantitative estimate of drug-likeness (QED) is 0.859. The first-order chi connectivity index (χ1) is 9.51. The molecule has 1 heterocycles. The van der Waals surface area contributed by atoms with Gasteiger partial charge in [0.15, 0.2) is 0 Å². The van der Waals surface area contributed by atoms with Crippen LogP contribution in [0.25, 0.3) is 0 Å². The molecule has 5 nitrogen and oxygen atoms in total. The Bertz CT molecular complexity index is 668. The van der Waals surface area contributed by atoms with Gasteiger partial charge in [-0.25, -0.2) is 9.07 Å². The molecular formula is C14H17FN4O. The predicted octanol–water partition coefficient (Wildman–Crippen LogP) is 1.47. The number of benzene rings is 1. The third kappa shape index (κ3) is 2.96. The minimum atomic E-state index is -0.488. The van der Waals surface area contributed by atoms with Crippen molar-refractivity contribution in [2.24, 2.45) is 0 Å². The van der Waals surface area contributed by atoms with Gasteiger partial charge in [-0.15, -0.1) is 0 Å². The molecule has 0 saturated carbocycles. The van der Waals surface area contributed by atoms with Gasteiger partial charge in [0.1, 0.15) is 5.82 Å². The molecule has 0 bridgehead atoms. The Morgan fingerprint density at radius 2 is 2.15 bits per heavy atom. The topological polar surface area (TPSA) is 64.2 Å². The second-order valence-corrected chi connectivity index (χ2v) is 4.58. The Labute approximate surface area is 116 Å². The van der Waals surface area contributed by atoms with Gasteiger partial charge in [0.25, 0.3) is 5.56 Å². The molecule has 0 atom stereocenters. The number of hydrogen-bond donors (Lipinski definition) is 1. The van der Waals surface area contributed by atoms with Gasteiger partial charge >= 0.3 is 0 Å². The standard InChI is InChI=1S/C14H17FN4O/c1-3-18(2)11-7-14(20)19(17-8-11)9-10-4-5-13(16)12(15)6-10/h4-8H,3,9,16H2,1-2H3. The number of halogens is 1. The maximum atomic E-state index is 13.4. The van der Waals surface area contributed by atoms with Crippen molar-refractivity contribution in [3.05, 3.63) is 52.2 Å². The zero-order valence-corrected chi connectivity index (χ0v) is 11.5. The zero-order valence-electron chi connectivity index (χ0n) is 11.5. The summed E-state index contributed by atoms with van der Waals surface area (Å²) in [6.45, 7) is 2.99. The van der Waals surface area contributed by atoms with Gasteiger partial charge in [0, 0.05) is 19.7 Å². The van der Waals surface area contributed by atoms with Crippen LogP contribution in [0.4, 0.5) is 15.8 Å². The Morgan fingerprint density at radius 1 is 1.40 bits per heavy atom. The predicted molar refractivity (Wildman–Crippen MR) is 77.4 cm³/mol. The number of nitrogen functional groups attached to an aromatic ring is 1. The molecule has 2 N–H and O–H groups in total. The lowest BCUT2D eigenvalue weighted by atomic mass is 10.2. The molecule has 2 rings (SSSR count). The fourth-order valence-corrected chi connectivity index (χ4v) is 1.78. The maximum absolute atomic E-state index is 13.4. The van der Waals surface area contributed by atoms with E-state index in [1.165, 1.54) is 22.9 Å². The molecule has 2 aromatic rings. The van der Waals surface area contributed by atoms with Crippen LogP contribution in [0.15, 0.2) is 35.3 Å². The van der Waals surface area contributed by atoms with Crippen molar-refractivity contribution < 1.29 is 4.39 Å². The van der Waals surface area contributed by atoms with Crippen molar-refractivity contribution in [3.63, 3.8) is 0 Å². The summed E-state index contributed by atoms with van der Waals surface area (Å²) in [7, 11) is 1.89. The van der Waals surface area contributed by atoms with Crippen LogP contribution in [0, 0.1) is 5.82 Å². The summed E-state index contributed by atoms with van der Waals surface area (Å²) in [4.78, 5) is 13.9. The first-order valence-electron chi connectivity index (χ1n) is 6.33. The smallest absolute Gasteiger partial charge is 0.269 e. The molecule has 0 unspecified atom stereocenters. The summed E-state index contributed by atoms with van der Waals surface area (Å²) >= 11 is 0. The van der Waals surface area contributed by atoms with Crippen LogP contribution >= 0.6 is 0 Å². The van der Waals surface area contributed by atoms with E-state index in [1.807, 2.05) is 18.9 Å². The monoisotopic (exact) mass is 276 g/mol. The summed E-state index contributed by atoms with van der Waals surface area (Å²) < 4.78 is 14.6. The fourth-order valence-electron chi connectivity index (χ4n) is 1.78. The number of anilines is 2. The molecule has 1 aromatic carbocycles. The Kier molecular flexibility index (Phi) is 4.02. The van der Waals surface area contributed by atoms with Crippen LogP contribution in [0.5, 0.6) is 0 Å². The molecular weight excluding hydrogens is 259 g/mol. The van der Waals surface area contributed by atoms with Crippen LogP contribution in [0.1, 0.15) is 12.5 Å². The van der Waals surface area contributed by atoms with Crippen LogP contribution < -0.4 is 16.2 Å². The van der Waals surface area contributed by atoms with Gasteiger partial charge in [-0.2, -0.15) is 5.10 Å². The molecule has 0 radical (unpaired) electrons. The number of nitrogens with two attached hydrogens (primary N) is 1. The molecule has 0 aliphatic rings. The van der Waals surface area contributed by atoms with Gasteiger partial charge in [-0.1, -0.05) is 6.07 Å². The zero-order chi connectivity index (χ0) is 14.7. The van der Waals surface area contributed by atoms with E-state index in [2.05, 4.69) is 5.10 Å². The van der Waals surface area contributed by atoms with E-state index < -0.39 is 5.82 Å². The lowest BCUT2D eigenvalue weighted by Gasteiger charge is -2.16. The summed E-state index contributed by atoms with van der Waals surface area (Å²) in [6, 6.07) is 5.99. The average molecular weight is 276 g/mol. The molecule has 0 fully saturated rings. The molecule has 106 valence electrons. The second kappa shape index (κ2) is 5.73. The number of nitrogens with zero attached hydrogens (tertiary/aromatic N) is 3. The minimum absolute atomic E-state index is 0.0916. The van der Waals surface area contributed by atoms with Gasteiger partial charge in [0.05, 0.1) is 24.1 Å². The molecule has 6 heteroatoms. The highest BCUT2D eigenvalue weighted by atomic mass is 19.1. The Morgan fingerprint density at radius 3 is 2.75 bits per heavy atom. The van der Waals surface area contributed by atoms with Crippen LogP contribution in [0.3, 0.4) is 0 Å². The van der Waals surface area contributed by atoms with Gasteiger partial charge in [0.2, 0.25) is 0 Å². The van der Waals surface area contributed by atoms with E-state index in [1.54, 1.807) is 12.3 Å². The molecule has 0 aliphatic carbocycles. The molecule has 1 aromatic heterocycles. The van der Waals surface area contributed by atoms with Crippen LogP contribution in [-0.4, -0.2) is 23.4 Å². The van der Waals surface area contributed by atoms with Gasteiger partial charge in [-0.3, -0.25) is 4.79 Å². The van der Waals surface area contributed by atoms with Crippen molar-refractivity contribution >= 4 is 11.4 Å². The largest absolute Gasteiger partial charge is 0.396 e. The van der Waals surface area contributed by atoms with Crippen LogP contribution in [0.2, 0.25) is 0 Å². The van der Waals surface area contributed by atoms with Crippen molar-refractivity contribution in [3.8, 4) is 0 Å². The number of rotatable bonds is 4. The van der Waals surface area contributed by atoms with Crippen molar-refractivity contribution in [2.75, 3.05) is 24.2 Å². The average Bonchev–Trinajstić information content (AvgIpc) is 2.44. The Balaban J connectivity index is 2.25. The van der Waals surface area contributed by atoms with Gasteiger partial charge < -0.3 is 10.6 Å². The lowest BCUT2D eigenvalue weighted by Crippen LogP contribution is -2.26. The maximum Gasteiger partial charge on any atom is 0.269 e. The fraction of sp³-hybridized carbons (Fsp3) is 0.286. The molecule has 0 aliphatic heterocycles. The van der Waals surface area contributed by atoms with E-state index in [0.29, 0.717) is 5.56 Å². The second-order valence-electron chi connectivity index (χ2n) is 4.58. The SMILES string of the molecule is CCN(C)c1cnn(Cc2ccc(N)c(F)c2)c(=O)c1. The normalized spacial score (nSPS) is 10.6. The molecule has 0 saturated heterocycles. The van der Waals surface area contributed by atoms with E-state index in [0.717, 1.165) is 12.2 Å². The Hall–Kier alpha value is -2.37. The van der Waals surface area contributed by atoms with E-state index >= 15 is 0 Å². The summed E-state index contributed by atoms with van der Waals surface area (Å²) in [6.07, 6.45) is 1.62. The van der Waals surface area contributed by atoms with Crippen molar-refractivity contribution in [2.45, 2.75) is 13.5 Å². The third-order valence-corrected chi connectivity index (χ3v) is 3.17. The highest BCUT2D eigenvalue weighted by Crippen LogP contribution is 2.12. The third-order valence-electron chi connectivity index (χ3n) is 3.17. The first-order valence-corrected chi connectivity index (χ1v) is 6.33. The van der Waals surface area contributed by atoms with Crippen molar-refractivity contribution in [1.29, 1.82) is 0 Å². The highest BCUT2D eigenvalue weighted by Gasteiger charge is 2.05. The molecule has 0 amide bonds. The first kappa shape index (κ1) is 14.0. The van der Waals surface area contributed by atoms with Crippen molar-refractivity contribution in [1.82, 2.24) is 9.78 Å². The van der Waals surface area contributed by atoms with E-state index in [4.69, 9.17) is 5.73 Å². The van der Waals surface area contributed by atoms with E-state index in [-0.39, 0.29) is 17.8 Å². The number of hydrogen-bond acceptors (Lipinski definition) is 4. The van der Waals surface area contributed by atoms with Gasteiger partial charge in [-0.05, 0) is 24.6 Å². The van der Waals surface area contributed by atoms with E-state index in [9.17, 15) is 9.18 Å². The van der Waals surface area contributed by atoms with Crippen LogP contribution in [-0.2, 0) is 6.54 Å². The number of aromatic nitrogens is 2. The summed E-state index contributed by atoms with van der Waals surface area (Å²) in [5.74, 6) is -0.488. The lowest BCUT2D eigenvalue weighted by molar-refractivity contribution is 0.613. The molecule has 0 spiro atoms. The molecule has 20 heavy (non-hydrogen) atoms.